The Morgan fingerprint density at radius 2 is 2.15 bits per heavy atom. The molecule has 0 fully saturated rings. The van der Waals surface area contributed by atoms with Crippen molar-refractivity contribution in [3.05, 3.63) is 51.1 Å². The van der Waals surface area contributed by atoms with Crippen molar-refractivity contribution in [1.29, 1.82) is 5.26 Å². The number of hydrogen-bond acceptors (Lipinski definition) is 3. The molecule has 3 rings (SSSR count). The van der Waals surface area contributed by atoms with Crippen LogP contribution in [0.3, 0.4) is 0 Å². The lowest BCUT2D eigenvalue weighted by Crippen LogP contribution is -1.83. The highest BCUT2D eigenvalue weighted by molar-refractivity contribution is 9.13. The lowest BCUT2D eigenvalue weighted by molar-refractivity contribution is 0.530. The number of nitriles is 1. The van der Waals surface area contributed by atoms with Crippen LogP contribution in [-0.2, 0) is 0 Å². The molecule has 0 radical (unpaired) electrons. The van der Waals surface area contributed by atoms with E-state index >= 15 is 0 Å². The molecule has 98 valence electrons. The fourth-order valence-corrected chi connectivity index (χ4v) is 2.42. The Bertz CT molecular complexity index is 802. The number of H-pyrrole nitrogens is 1. The van der Waals surface area contributed by atoms with Crippen molar-refractivity contribution in [2.24, 2.45) is 0 Å². The molecule has 4 nitrogen and oxygen atoms in total. The highest BCUT2D eigenvalue weighted by Gasteiger charge is 2.10. The number of rotatable bonds is 2. The number of benzene rings is 1. The molecule has 0 unspecified atom stereocenters. The predicted molar refractivity (Wildman–Crippen MR) is 83.7 cm³/mol. The van der Waals surface area contributed by atoms with E-state index in [-0.39, 0.29) is 0 Å². The summed E-state index contributed by atoms with van der Waals surface area (Å²) in [5, 5.41) is 9.30. The maximum atomic E-state index is 9.30. The molecule has 0 amide bonds. The van der Waals surface area contributed by atoms with E-state index < -0.39 is 0 Å². The second kappa shape index (κ2) is 5.27. The number of fused-ring (bicyclic) bond motifs is 1. The number of nitrogens with zero attached hydrogens (tertiary/aromatic N) is 2. The minimum Gasteiger partial charge on any atom is -0.449 e. The van der Waals surface area contributed by atoms with Crippen LogP contribution in [-0.4, -0.2) is 9.97 Å². The van der Waals surface area contributed by atoms with E-state index in [0.717, 1.165) is 15.5 Å². The quantitative estimate of drug-likeness (QED) is 0.640. The molecule has 0 saturated heterocycles. The topological polar surface area (TPSA) is 65.6 Å². The second-order valence-electron chi connectivity index (χ2n) is 4.04. The van der Waals surface area contributed by atoms with Crippen molar-refractivity contribution in [2.45, 2.75) is 0 Å². The Hall–Kier alpha value is -1.84. The summed E-state index contributed by atoms with van der Waals surface area (Å²) in [7, 11) is 0. The van der Waals surface area contributed by atoms with Crippen LogP contribution in [0.1, 0.15) is 11.6 Å². The van der Waals surface area contributed by atoms with E-state index in [0.29, 0.717) is 21.8 Å². The Morgan fingerprint density at radius 1 is 1.35 bits per heavy atom. The third kappa shape index (κ3) is 2.42. The van der Waals surface area contributed by atoms with Crippen LogP contribution in [0.5, 0.6) is 0 Å². The highest BCUT2D eigenvalue weighted by atomic mass is 79.9. The number of imidazole rings is 1. The standard InChI is InChI=1S/C14H7Br2N3O/c15-10-6-9(20-13(10)16)5-8(7-17)14-18-11-3-1-2-4-12(11)19-14/h1-6H,(H,18,19)/b8-5+. The third-order valence-electron chi connectivity index (χ3n) is 2.72. The Morgan fingerprint density at radius 3 is 2.80 bits per heavy atom. The van der Waals surface area contributed by atoms with E-state index in [2.05, 4.69) is 47.9 Å². The van der Waals surface area contributed by atoms with Gasteiger partial charge in [-0.05, 0) is 50.1 Å². The Labute approximate surface area is 131 Å². The maximum absolute atomic E-state index is 9.30. The average Bonchev–Trinajstić information content (AvgIpc) is 3.00. The summed E-state index contributed by atoms with van der Waals surface area (Å²) in [5.41, 5.74) is 2.13. The SMILES string of the molecule is N#C/C(=C\c1cc(Br)c(Br)o1)c1nc2ccccc2[nH]1. The highest BCUT2D eigenvalue weighted by Crippen LogP contribution is 2.29. The summed E-state index contributed by atoms with van der Waals surface area (Å²) in [6.07, 6.45) is 1.65. The Balaban J connectivity index is 2.07. The van der Waals surface area contributed by atoms with E-state index in [1.54, 1.807) is 12.1 Å². The molecule has 6 heteroatoms. The first kappa shape index (κ1) is 13.2. The van der Waals surface area contributed by atoms with Gasteiger partial charge in [0.25, 0.3) is 0 Å². The molecule has 1 N–H and O–H groups in total. The van der Waals surface area contributed by atoms with Gasteiger partial charge in [-0.15, -0.1) is 0 Å². The molecule has 1 aromatic carbocycles. The number of allylic oxidation sites excluding steroid dienone is 1. The minimum absolute atomic E-state index is 0.412. The van der Waals surface area contributed by atoms with Crippen LogP contribution < -0.4 is 0 Å². The summed E-state index contributed by atoms with van der Waals surface area (Å²) in [5.74, 6) is 1.10. The van der Waals surface area contributed by atoms with Crippen LogP contribution in [0.25, 0.3) is 22.7 Å². The van der Waals surface area contributed by atoms with Gasteiger partial charge in [0.15, 0.2) is 4.67 Å². The summed E-state index contributed by atoms with van der Waals surface area (Å²) in [6, 6.07) is 11.5. The molecule has 0 aliphatic heterocycles. The summed E-state index contributed by atoms with van der Waals surface area (Å²) < 4.78 is 6.83. The molecule has 0 bridgehead atoms. The first-order valence-electron chi connectivity index (χ1n) is 5.69. The first-order valence-corrected chi connectivity index (χ1v) is 7.28. The number of aromatic nitrogens is 2. The summed E-state index contributed by atoms with van der Waals surface area (Å²) >= 11 is 6.60. The van der Waals surface area contributed by atoms with E-state index in [9.17, 15) is 5.26 Å². The summed E-state index contributed by atoms with van der Waals surface area (Å²) in [4.78, 5) is 7.52. The number of para-hydroxylation sites is 2. The molecule has 2 aromatic heterocycles. The zero-order chi connectivity index (χ0) is 14.1. The molecule has 0 atom stereocenters. The van der Waals surface area contributed by atoms with E-state index in [1.165, 1.54) is 0 Å². The van der Waals surface area contributed by atoms with Gasteiger partial charge in [-0.2, -0.15) is 5.26 Å². The van der Waals surface area contributed by atoms with Gasteiger partial charge >= 0.3 is 0 Å². The van der Waals surface area contributed by atoms with Gasteiger partial charge in [-0.1, -0.05) is 12.1 Å². The van der Waals surface area contributed by atoms with Gasteiger partial charge in [-0.25, -0.2) is 4.98 Å². The number of hydrogen-bond donors (Lipinski definition) is 1. The van der Waals surface area contributed by atoms with Gasteiger partial charge in [0.1, 0.15) is 17.7 Å². The lowest BCUT2D eigenvalue weighted by Gasteiger charge is -1.91. The molecular weight excluding hydrogens is 386 g/mol. The molecule has 0 aliphatic carbocycles. The smallest absolute Gasteiger partial charge is 0.184 e. The van der Waals surface area contributed by atoms with Crippen molar-refractivity contribution in [3.8, 4) is 6.07 Å². The molecule has 20 heavy (non-hydrogen) atoms. The fraction of sp³-hybridized carbons (Fsp3) is 0. The number of nitrogens with one attached hydrogen (secondary N) is 1. The zero-order valence-electron chi connectivity index (χ0n) is 10.0. The van der Waals surface area contributed by atoms with Crippen LogP contribution >= 0.6 is 31.9 Å². The van der Waals surface area contributed by atoms with E-state index in [4.69, 9.17) is 4.42 Å². The van der Waals surface area contributed by atoms with Crippen molar-refractivity contribution in [3.63, 3.8) is 0 Å². The minimum atomic E-state index is 0.412. The van der Waals surface area contributed by atoms with Gasteiger partial charge in [0.05, 0.1) is 21.1 Å². The number of furan rings is 1. The first-order chi connectivity index (χ1) is 9.67. The maximum Gasteiger partial charge on any atom is 0.184 e. The number of aromatic amines is 1. The second-order valence-corrected chi connectivity index (χ2v) is 5.62. The van der Waals surface area contributed by atoms with Gasteiger partial charge in [-0.3, -0.25) is 0 Å². The predicted octanol–water partition coefficient (Wildman–Crippen LogP) is 4.75. The monoisotopic (exact) mass is 391 g/mol. The lowest BCUT2D eigenvalue weighted by atomic mass is 10.2. The summed E-state index contributed by atoms with van der Waals surface area (Å²) in [6.45, 7) is 0. The normalized spacial score (nSPS) is 11.8. The molecular formula is C14H7Br2N3O. The van der Waals surface area contributed by atoms with Crippen LogP contribution in [0.2, 0.25) is 0 Å². The fourth-order valence-electron chi connectivity index (χ4n) is 1.81. The molecule has 0 saturated carbocycles. The van der Waals surface area contributed by atoms with Crippen molar-refractivity contribution in [2.75, 3.05) is 0 Å². The van der Waals surface area contributed by atoms with Gasteiger partial charge in [0.2, 0.25) is 0 Å². The molecule has 3 aromatic rings. The van der Waals surface area contributed by atoms with E-state index in [1.807, 2.05) is 24.3 Å². The third-order valence-corrected chi connectivity index (χ3v) is 4.43. The molecule has 0 aliphatic rings. The van der Waals surface area contributed by atoms with Crippen molar-refractivity contribution >= 4 is 54.5 Å². The van der Waals surface area contributed by atoms with Gasteiger partial charge in [0, 0.05) is 6.08 Å². The largest absolute Gasteiger partial charge is 0.449 e. The van der Waals surface area contributed by atoms with Crippen LogP contribution in [0.4, 0.5) is 0 Å². The van der Waals surface area contributed by atoms with Crippen molar-refractivity contribution in [1.82, 2.24) is 9.97 Å². The molecule has 2 heterocycles. The molecule has 0 spiro atoms. The Kier molecular flexibility index (Phi) is 3.47. The zero-order valence-corrected chi connectivity index (χ0v) is 13.2. The van der Waals surface area contributed by atoms with Gasteiger partial charge < -0.3 is 9.40 Å². The average molecular weight is 393 g/mol. The van der Waals surface area contributed by atoms with Crippen LogP contribution in [0.15, 0.2) is 43.9 Å². The number of halogens is 2. The van der Waals surface area contributed by atoms with Crippen LogP contribution in [0, 0.1) is 11.3 Å². The van der Waals surface area contributed by atoms with Crippen molar-refractivity contribution < 1.29 is 4.42 Å².